The summed E-state index contributed by atoms with van der Waals surface area (Å²) in [6, 6.07) is 10.8. The van der Waals surface area contributed by atoms with Crippen molar-refractivity contribution in [3.63, 3.8) is 0 Å². The average Bonchev–Trinajstić information content (AvgIpc) is 2.95. The minimum Gasteiger partial charge on any atom is -0.493 e. The molecule has 3 aromatic rings. The minimum absolute atomic E-state index is 0.138. The molecule has 1 aromatic heterocycles. The molecule has 0 fully saturated rings. The quantitative estimate of drug-likeness (QED) is 0.585. The topological polar surface area (TPSA) is 57.5 Å². The van der Waals surface area contributed by atoms with Gasteiger partial charge in [0, 0.05) is 18.7 Å². The highest BCUT2D eigenvalue weighted by Gasteiger charge is 2.11. The standard InChI is InChI=1S/C22H20ClNO4S/c1-13-7-5-6-8-15(13)17(25)12-20-24(2)22(26)19(29-20)11-14-9-16(23)21(28-4)18(10-14)27-3/h5-12H,1-4H3. The summed E-state index contributed by atoms with van der Waals surface area (Å²) in [5, 5.41) is 0.382. The number of ether oxygens (including phenoxy) is 2. The highest BCUT2D eigenvalue weighted by Crippen LogP contribution is 2.36. The number of methoxy groups -OCH3 is 2. The maximum Gasteiger partial charge on any atom is 0.268 e. The van der Waals surface area contributed by atoms with E-state index in [1.54, 1.807) is 31.3 Å². The minimum atomic E-state index is -0.190. The van der Waals surface area contributed by atoms with E-state index in [0.29, 0.717) is 36.8 Å². The maximum absolute atomic E-state index is 12.7. The number of benzene rings is 2. The van der Waals surface area contributed by atoms with Gasteiger partial charge >= 0.3 is 0 Å². The molecule has 0 aliphatic heterocycles. The van der Waals surface area contributed by atoms with E-state index in [2.05, 4.69) is 0 Å². The molecular weight excluding hydrogens is 410 g/mol. The molecule has 0 saturated heterocycles. The lowest BCUT2D eigenvalue weighted by molar-refractivity contribution is 0.106. The Morgan fingerprint density at radius 2 is 1.90 bits per heavy atom. The summed E-state index contributed by atoms with van der Waals surface area (Å²) < 4.78 is 13.1. The van der Waals surface area contributed by atoms with Crippen molar-refractivity contribution < 1.29 is 14.3 Å². The van der Waals surface area contributed by atoms with E-state index in [1.165, 1.54) is 36.2 Å². The first-order chi connectivity index (χ1) is 13.8. The number of nitrogens with zero attached hydrogens (tertiary/aromatic N) is 1. The van der Waals surface area contributed by atoms with Crippen molar-refractivity contribution in [3.05, 3.63) is 77.7 Å². The molecule has 0 N–H and O–H groups in total. The van der Waals surface area contributed by atoms with Crippen molar-refractivity contribution in [2.24, 2.45) is 7.05 Å². The lowest BCUT2D eigenvalue weighted by Gasteiger charge is -2.09. The Morgan fingerprint density at radius 3 is 2.55 bits per heavy atom. The molecule has 0 aliphatic rings. The van der Waals surface area contributed by atoms with Gasteiger partial charge in [0.2, 0.25) is 0 Å². The Kier molecular flexibility index (Phi) is 6.25. The maximum atomic E-state index is 12.7. The second-order valence-corrected chi connectivity index (χ2v) is 7.84. The molecule has 2 aromatic carbocycles. The second kappa shape index (κ2) is 8.68. The first kappa shape index (κ1) is 20.9. The summed E-state index contributed by atoms with van der Waals surface area (Å²) >= 11 is 7.49. The van der Waals surface area contributed by atoms with Crippen LogP contribution in [0.25, 0.3) is 12.2 Å². The molecule has 0 unspecified atom stereocenters. The molecule has 5 nitrogen and oxygen atoms in total. The van der Waals surface area contributed by atoms with Crippen molar-refractivity contribution in [1.29, 1.82) is 0 Å². The predicted octanol–water partition coefficient (Wildman–Crippen LogP) is 2.92. The molecule has 3 rings (SSSR count). The molecule has 29 heavy (non-hydrogen) atoms. The molecule has 0 bridgehead atoms. The molecule has 1 heterocycles. The number of aryl methyl sites for hydroxylation is 1. The summed E-state index contributed by atoms with van der Waals surface area (Å²) in [6.45, 7) is 1.88. The smallest absolute Gasteiger partial charge is 0.268 e. The highest BCUT2D eigenvalue weighted by molar-refractivity contribution is 7.07. The van der Waals surface area contributed by atoms with E-state index in [9.17, 15) is 9.59 Å². The fourth-order valence-electron chi connectivity index (χ4n) is 2.92. The summed E-state index contributed by atoms with van der Waals surface area (Å²) in [5.74, 6) is 0.769. The van der Waals surface area contributed by atoms with Crippen LogP contribution in [0.2, 0.25) is 5.02 Å². The van der Waals surface area contributed by atoms with Crippen molar-refractivity contribution in [2.75, 3.05) is 14.2 Å². The largest absolute Gasteiger partial charge is 0.493 e. The van der Waals surface area contributed by atoms with Crippen molar-refractivity contribution >= 4 is 40.9 Å². The van der Waals surface area contributed by atoms with Crippen molar-refractivity contribution in [1.82, 2.24) is 4.57 Å². The molecule has 7 heteroatoms. The van der Waals surface area contributed by atoms with E-state index in [0.717, 1.165) is 5.56 Å². The normalized spacial score (nSPS) is 12.3. The van der Waals surface area contributed by atoms with Crippen LogP contribution in [0.4, 0.5) is 0 Å². The number of carbonyl (C=O) groups is 1. The Labute approximate surface area is 177 Å². The Hall–Kier alpha value is -2.83. The fraction of sp³-hybridized carbons (Fsp3) is 0.182. The van der Waals surface area contributed by atoms with Gasteiger partial charge < -0.3 is 14.0 Å². The lowest BCUT2D eigenvalue weighted by atomic mass is 10.1. The van der Waals surface area contributed by atoms with Crippen LogP contribution in [-0.4, -0.2) is 24.6 Å². The summed E-state index contributed by atoms with van der Waals surface area (Å²) in [7, 11) is 4.68. The van der Waals surface area contributed by atoms with Gasteiger partial charge in [-0.3, -0.25) is 9.59 Å². The van der Waals surface area contributed by atoms with Crippen LogP contribution >= 0.6 is 22.9 Å². The second-order valence-electron chi connectivity index (χ2n) is 6.37. The van der Waals surface area contributed by atoms with Gasteiger partial charge in [-0.05, 0) is 36.3 Å². The number of halogens is 1. The summed E-state index contributed by atoms with van der Waals surface area (Å²) in [4.78, 5) is 25.3. The molecule has 0 aliphatic carbocycles. The number of hydrogen-bond acceptors (Lipinski definition) is 5. The van der Waals surface area contributed by atoms with Crippen molar-refractivity contribution in [2.45, 2.75) is 6.92 Å². The van der Waals surface area contributed by atoms with Crippen LogP contribution in [0.1, 0.15) is 21.5 Å². The zero-order valence-corrected chi connectivity index (χ0v) is 18.1. The van der Waals surface area contributed by atoms with Crippen LogP contribution in [-0.2, 0) is 7.05 Å². The molecule has 0 saturated carbocycles. The molecule has 0 atom stereocenters. The number of rotatable bonds is 5. The van der Waals surface area contributed by atoms with Gasteiger partial charge in [-0.1, -0.05) is 35.9 Å². The third kappa shape index (κ3) is 4.28. The summed E-state index contributed by atoms with van der Waals surface area (Å²) in [6.07, 6.45) is 3.21. The van der Waals surface area contributed by atoms with Crippen LogP contribution in [0.3, 0.4) is 0 Å². The van der Waals surface area contributed by atoms with Crippen LogP contribution < -0.4 is 24.2 Å². The monoisotopic (exact) mass is 429 g/mol. The number of ketones is 1. The molecule has 150 valence electrons. The Morgan fingerprint density at radius 1 is 1.17 bits per heavy atom. The third-order valence-electron chi connectivity index (χ3n) is 4.48. The zero-order chi connectivity index (χ0) is 21.1. The Bertz CT molecular complexity index is 1260. The van der Waals surface area contributed by atoms with Gasteiger partial charge in [0.1, 0.15) is 4.66 Å². The number of thiazole rings is 1. The molecule has 0 spiro atoms. The van der Waals surface area contributed by atoms with E-state index in [4.69, 9.17) is 21.1 Å². The van der Waals surface area contributed by atoms with E-state index in [-0.39, 0.29) is 11.3 Å². The zero-order valence-electron chi connectivity index (χ0n) is 16.5. The van der Waals surface area contributed by atoms with Crippen molar-refractivity contribution in [3.8, 4) is 11.5 Å². The SMILES string of the molecule is COc1cc(C=c2sc(=CC(=O)c3ccccc3C)n(C)c2=O)cc(Cl)c1OC. The van der Waals surface area contributed by atoms with E-state index >= 15 is 0 Å². The lowest BCUT2D eigenvalue weighted by Crippen LogP contribution is -2.29. The van der Waals surface area contributed by atoms with Gasteiger partial charge in [-0.25, -0.2) is 0 Å². The third-order valence-corrected chi connectivity index (χ3v) is 5.87. The van der Waals surface area contributed by atoms with Gasteiger partial charge in [0.05, 0.1) is 23.8 Å². The van der Waals surface area contributed by atoms with E-state index < -0.39 is 0 Å². The molecule has 0 radical (unpaired) electrons. The van der Waals surface area contributed by atoms with E-state index in [1.807, 2.05) is 25.1 Å². The molecular formula is C22H20ClNO4S. The van der Waals surface area contributed by atoms with Crippen LogP contribution in [0.15, 0.2) is 41.2 Å². The number of hydrogen-bond donors (Lipinski definition) is 0. The van der Waals surface area contributed by atoms with Gasteiger partial charge in [0.25, 0.3) is 5.56 Å². The van der Waals surface area contributed by atoms with Crippen LogP contribution in [0.5, 0.6) is 11.5 Å². The Balaban J connectivity index is 2.10. The first-order valence-corrected chi connectivity index (χ1v) is 9.96. The summed E-state index contributed by atoms with van der Waals surface area (Å²) in [5.41, 5.74) is 2.01. The average molecular weight is 430 g/mol. The fourth-order valence-corrected chi connectivity index (χ4v) is 4.25. The number of Topliss-reactive ketones (excluding diaryl/α,β-unsaturated/α-hetero) is 1. The first-order valence-electron chi connectivity index (χ1n) is 8.76. The molecule has 0 amide bonds. The van der Waals surface area contributed by atoms with Crippen LogP contribution in [0, 0.1) is 6.92 Å². The van der Waals surface area contributed by atoms with Gasteiger partial charge in [-0.2, -0.15) is 0 Å². The van der Waals surface area contributed by atoms with Gasteiger partial charge in [-0.15, -0.1) is 11.3 Å². The predicted molar refractivity (Wildman–Crippen MR) is 117 cm³/mol. The van der Waals surface area contributed by atoms with Gasteiger partial charge in [0.15, 0.2) is 17.3 Å². The highest BCUT2D eigenvalue weighted by atomic mass is 35.5. The number of aromatic nitrogens is 1. The number of carbonyl (C=O) groups excluding carboxylic acids is 1.